The zero-order valence-corrected chi connectivity index (χ0v) is 10.5. The van der Waals surface area contributed by atoms with E-state index in [4.69, 9.17) is 4.74 Å². The van der Waals surface area contributed by atoms with Crippen LogP contribution in [0.1, 0.15) is 12.2 Å². The molecule has 3 heterocycles. The summed E-state index contributed by atoms with van der Waals surface area (Å²) in [5.41, 5.74) is 1.96. The van der Waals surface area contributed by atoms with Crippen molar-refractivity contribution in [2.24, 2.45) is 0 Å². The van der Waals surface area contributed by atoms with Crippen LogP contribution in [0.3, 0.4) is 0 Å². The van der Waals surface area contributed by atoms with Gasteiger partial charge in [0, 0.05) is 13.0 Å². The average molecular weight is 262 g/mol. The van der Waals surface area contributed by atoms with E-state index in [1.807, 2.05) is 0 Å². The van der Waals surface area contributed by atoms with Crippen LogP contribution >= 0.6 is 0 Å². The molecule has 7 heteroatoms. The number of nitrogens with one attached hydrogen (secondary N) is 2. The summed E-state index contributed by atoms with van der Waals surface area (Å²) >= 11 is 0. The molecule has 100 valence electrons. The third-order valence-corrected chi connectivity index (χ3v) is 3.03. The second kappa shape index (κ2) is 4.85. The molecule has 1 aliphatic heterocycles. The highest BCUT2D eigenvalue weighted by Gasteiger charge is 2.20. The lowest BCUT2D eigenvalue weighted by molar-refractivity contribution is -0.0500. The molecular weight excluding hydrogens is 248 g/mol. The number of ether oxygens (including phenoxy) is 2. The lowest BCUT2D eigenvalue weighted by Gasteiger charge is -2.25. The van der Waals surface area contributed by atoms with E-state index in [1.165, 1.54) is 7.11 Å². The Balaban J connectivity index is 1.79. The lowest BCUT2D eigenvalue weighted by Crippen LogP contribution is -2.29. The molecule has 1 aliphatic rings. The maximum Gasteiger partial charge on any atom is 0.411 e. The van der Waals surface area contributed by atoms with Gasteiger partial charge in [-0.25, -0.2) is 14.8 Å². The molecule has 3 rings (SSSR count). The van der Waals surface area contributed by atoms with Gasteiger partial charge in [0.2, 0.25) is 0 Å². The van der Waals surface area contributed by atoms with Crippen molar-refractivity contribution in [2.45, 2.75) is 18.9 Å². The molecule has 0 bridgehead atoms. The second-order valence-corrected chi connectivity index (χ2v) is 4.38. The first-order valence-corrected chi connectivity index (χ1v) is 6.06. The minimum absolute atomic E-state index is 0.258. The highest BCUT2D eigenvalue weighted by atomic mass is 16.5. The van der Waals surface area contributed by atoms with Crippen LogP contribution in [0.15, 0.2) is 12.3 Å². The van der Waals surface area contributed by atoms with Crippen molar-refractivity contribution in [1.29, 1.82) is 0 Å². The number of aromatic amines is 1. The third-order valence-electron chi connectivity index (χ3n) is 3.03. The summed E-state index contributed by atoms with van der Waals surface area (Å²) < 4.78 is 9.89. The number of hydrogen-bond acceptors (Lipinski definition) is 5. The zero-order valence-electron chi connectivity index (χ0n) is 10.5. The van der Waals surface area contributed by atoms with E-state index < -0.39 is 6.09 Å². The van der Waals surface area contributed by atoms with Gasteiger partial charge < -0.3 is 14.5 Å². The number of H-pyrrole nitrogens is 1. The van der Waals surface area contributed by atoms with Gasteiger partial charge in [-0.05, 0) is 12.5 Å². The van der Waals surface area contributed by atoms with Crippen LogP contribution in [0.4, 0.5) is 10.5 Å². The standard InChI is InChI=1S/C12H14N4O3/c1-18-12(17)14-7-4-9-11(13-6-7)16-10(15-9)5-8-2-3-19-8/h4,6,8H,2-3,5H2,1H3,(H,14,17)(H,13,15,16). The predicted molar refractivity (Wildman–Crippen MR) is 68.0 cm³/mol. The van der Waals surface area contributed by atoms with Crippen molar-refractivity contribution in [1.82, 2.24) is 15.0 Å². The van der Waals surface area contributed by atoms with Gasteiger partial charge in [-0.2, -0.15) is 0 Å². The number of nitrogens with zero attached hydrogens (tertiary/aromatic N) is 2. The van der Waals surface area contributed by atoms with E-state index in [2.05, 4.69) is 25.0 Å². The van der Waals surface area contributed by atoms with E-state index in [1.54, 1.807) is 12.3 Å². The number of carbonyl (C=O) groups excluding carboxylic acids is 1. The van der Waals surface area contributed by atoms with Gasteiger partial charge in [0.15, 0.2) is 5.65 Å². The molecule has 19 heavy (non-hydrogen) atoms. The molecule has 0 saturated carbocycles. The molecule has 1 amide bonds. The third kappa shape index (κ3) is 2.50. The predicted octanol–water partition coefficient (Wildman–Crippen LogP) is 1.47. The van der Waals surface area contributed by atoms with Crippen molar-refractivity contribution in [3.8, 4) is 0 Å². The van der Waals surface area contributed by atoms with Gasteiger partial charge in [0.1, 0.15) is 11.3 Å². The van der Waals surface area contributed by atoms with Crippen LogP contribution in [0.25, 0.3) is 11.2 Å². The molecule has 0 aliphatic carbocycles. The van der Waals surface area contributed by atoms with Gasteiger partial charge in [-0.1, -0.05) is 0 Å². The summed E-state index contributed by atoms with van der Waals surface area (Å²) in [5.74, 6) is 0.849. The van der Waals surface area contributed by atoms with Gasteiger partial charge in [0.05, 0.1) is 25.1 Å². The largest absolute Gasteiger partial charge is 0.453 e. The number of fused-ring (bicyclic) bond motifs is 1. The van der Waals surface area contributed by atoms with Crippen molar-refractivity contribution in [3.05, 3.63) is 18.1 Å². The number of hydrogen-bond donors (Lipinski definition) is 2. The molecule has 2 aromatic heterocycles. The van der Waals surface area contributed by atoms with E-state index in [9.17, 15) is 4.79 Å². The Morgan fingerprint density at radius 1 is 1.68 bits per heavy atom. The summed E-state index contributed by atoms with van der Waals surface area (Å²) in [6.45, 7) is 0.830. The average Bonchev–Trinajstić information content (AvgIpc) is 2.75. The first-order chi connectivity index (χ1) is 9.24. The quantitative estimate of drug-likeness (QED) is 0.874. The molecule has 1 saturated heterocycles. The lowest BCUT2D eigenvalue weighted by atomic mass is 10.1. The first-order valence-electron chi connectivity index (χ1n) is 6.06. The topological polar surface area (TPSA) is 89.1 Å². The number of aromatic nitrogens is 3. The van der Waals surface area contributed by atoms with Crippen LogP contribution in [0.5, 0.6) is 0 Å². The molecule has 0 spiro atoms. The van der Waals surface area contributed by atoms with E-state index >= 15 is 0 Å². The summed E-state index contributed by atoms with van der Waals surface area (Å²) in [5, 5.41) is 2.55. The van der Waals surface area contributed by atoms with Crippen molar-refractivity contribution in [2.75, 3.05) is 19.0 Å². The number of pyridine rings is 1. The minimum Gasteiger partial charge on any atom is -0.453 e. The Kier molecular flexibility index (Phi) is 3.04. The van der Waals surface area contributed by atoms with Crippen molar-refractivity contribution >= 4 is 22.9 Å². The maximum atomic E-state index is 11.1. The van der Waals surface area contributed by atoms with Crippen LogP contribution < -0.4 is 5.32 Å². The molecule has 1 atom stereocenters. The second-order valence-electron chi connectivity index (χ2n) is 4.38. The van der Waals surface area contributed by atoms with E-state index in [0.29, 0.717) is 16.9 Å². The molecule has 2 aromatic rings. The summed E-state index contributed by atoms with van der Waals surface area (Å²) in [6.07, 6.45) is 3.12. The van der Waals surface area contributed by atoms with Crippen molar-refractivity contribution < 1.29 is 14.3 Å². The zero-order chi connectivity index (χ0) is 13.2. The molecule has 1 unspecified atom stereocenters. The van der Waals surface area contributed by atoms with E-state index in [0.717, 1.165) is 25.3 Å². The smallest absolute Gasteiger partial charge is 0.411 e. The fourth-order valence-electron chi connectivity index (χ4n) is 1.94. The number of methoxy groups -OCH3 is 1. The minimum atomic E-state index is -0.528. The van der Waals surface area contributed by atoms with Crippen LogP contribution in [0, 0.1) is 0 Å². The Labute approximate surface area is 109 Å². The number of amides is 1. The Morgan fingerprint density at radius 3 is 3.21 bits per heavy atom. The number of carbonyl (C=O) groups is 1. The number of anilines is 1. The monoisotopic (exact) mass is 262 g/mol. The number of rotatable bonds is 3. The molecule has 7 nitrogen and oxygen atoms in total. The highest BCUT2D eigenvalue weighted by molar-refractivity contribution is 5.87. The Hall–Kier alpha value is -2.15. The maximum absolute atomic E-state index is 11.1. The van der Waals surface area contributed by atoms with Crippen LogP contribution in [0.2, 0.25) is 0 Å². The Bertz CT molecular complexity index is 606. The van der Waals surface area contributed by atoms with Gasteiger partial charge in [-0.15, -0.1) is 0 Å². The van der Waals surface area contributed by atoms with E-state index in [-0.39, 0.29) is 6.10 Å². The van der Waals surface area contributed by atoms with Crippen LogP contribution in [-0.4, -0.2) is 40.9 Å². The first kappa shape index (κ1) is 11.9. The van der Waals surface area contributed by atoms with Gasteiger partial charge >= 0.3 is 6.09 Å². The highest BCUT2D eigenvalue weighted by Crippen LogP contribution is 2.19. The summed E-state index contributed by atoms with van der Waals surface area (Å²) in [6, 6.07) is 1.75. The van der Waals surface area contributed by atoms with Gasteiger partial charge in [0.25, 0.3) is 0 Å². The SMILES string of the molecule is COC(=O)Nc1cnc2[nH]c(CC3CCO3)nc2c1. The summed E-state index contributed by atoms with van der Waals surface area (Å²) in [4.78, 5) is 22.9. The van der Waals surface area contributed by atoms with Gasteiger partial charge in [-0.3, -0.25) is 5.32 Å². The summed E-state index contributed by atoms with van der Waals surface area (Å²) in [7, 11) is 1.31. The molecule has 2 N–H and O–H groups in total. The fraction of sp³-hybridized carbons (Fsp3) is 0.417. The normalized spacial score (nSPS) is 18.1. The Morgan fingerprint density at radius 2 is 2.53 bits per heavy atom. The molecular formula is C12H14N4O3. The van der Waals surface area contributed by atoms with Crippen LogP contribution in [-0.2, 0) is 15.9 Å². The molecule has 1 fully saturated rings. The molecule has 0 aromatic carbocycles. The number of imidazole rings is 1. The molecule has 0 radical (unpaired) electrons. The fourth-order valence-corrected chi connectivity index (χ4v) is 1.94. The van der Waals surface area contributed by atoms with Crippen molar-refractivity contribution in [3.63, 3.8) is 0 Å².